The molecule has 1 amide bonds. The zero-order chi connectivity index (χ0) is 16.2. The zero-order valence-electron chi connectivity index (χ0n) is 11.7. The number of thiophene rings is 1. The summed E-state index contributed by atoms with van der Waals surface area (Å²) >= 11 is 1.21. The van der Waals surface area contributed by atoms with Gasteiger partial charge in [0.2, 0.25) is 0 Å². The molecule has 3 nitrogen and oxygen atoms in total. The first kappa shape index (κ1) is 16.4. The lowest BCUT2D eigenvalue weighted by Crippen LogP contribution is -2.13. The summed E-state index contributed by atoms with van der Waals surface area (Å²) in [6.07, 6.45) is -3.77. The molecule has 0 radical (unpaired) electrons. The van der Waals surface area contributed by atoms with Crippen molar-refractivity contribution in [2.45, 2.75) is 19.5 Å². The number of alkyl halides is 3. The number of benzene rings is 1. The van der Waals surface area contributed by atoms with Gasteiger partial charge in [-0.15, -0.1) is 11.3 Å². The number of rotatable bonds is 5. The Morgan fingerprint density at radius 1 is 1.32 bits per heavy atom. The lowest BCUT2D eigenvalue weighted by Gasteiger charge is -2.14. The van der Waals surface area contributed by atoms with E-state index in [1.54, 1.807) is 17.5 Å². The summed E-state index contributed by atoms with van der Waals surface area (Å²) in [5, 5.41) is 4.20. The van der Waals surface area contributed by atoms with E-state index >= 15 is 0 Å². The second-order valence-electron chi connectivity index (χ2n) is 4.49. The van der Waals surface area contributed by atoms with Crippen LogP contribution in [0.2, 0.25) is 0 Å². The second kappa shape index (κ2) is 6.83. The predicted molar refractivity (Wildman–Crippen MR) is 79.5 cm³/mol. The van der Waals surface area contributed by atoms with Crippen LogP contribution in [0, 0.1) is 0 Å². The summed E-state index contributed by atoms with van der Waals surface area (Å²) in [7, 11) is 0. The smallest absolute Gasteiger partial charge is 0.416 e. The second-order valence-corrected chi connectivity index (χ2v) is 5.44. The van der Waals surface area contributed by atoms with Gasteiger partial charge in [-0.3, -0.25) is 4.79 Å². The average Bonchev–Trinajstić information content (AvgIpc) is 2.99. The van der Waals surface area contributed by atoms with Crippen molar-refractivity contribution in [3.63, 3.8) is 0 Å². The number of ether oxygens (including phenoxy) is 1. The van der Waals surface area contributed by atoms with Crippen LogP contribution in [-0.4, -0.2) is 12.5 Å². The molecule has 0 saturated heterocycles. The van der Waals surface area contributed by atoms with Gasteiger partial charge in [-0.1, -0.05) is 13.0 Å². The number of hydrogen-bond acceptors (Lipinski definition) is 3. The lowest BCUT2D eigenvalue weighted by atomic mass is 10.1. The molecule has 0 atom stereocenters. The molecule has 0 fully saturated rings. The van der Waals surface area contributed by atoms with E-state index in [4.69, 9.17) is 4.74 Å². The van der Waals surface area contributed by atoms with Crippen molar-refractivity contribution < 1.29 is 22.7 Å². The molecule has 7 heteroatoms. The Morgan fingerprint density at radius 2 is 2.09 bits per heavy atom. The predicted octanol–water partition coefficient (Wildman–Crippen LogP) is 4.81. The summed E-state index contributed by atoms with van der Waals surface area (Å²) < 4.78 is 43.8. The number of nitrogens with one attached hydrogen (secondary N) is 1. The first-order chi connectivity index (χ1) is 10.4. The molecule has 0 bridgehead atoms. The first-order valence-electron chi connectivity index (χ1n) is 6.60. The fourth-order valence-electron chi connectivity index (χ4n) is 1.73. The van der Waals surface area contributed by atoms with E-state index in [0.29, 0.717) is 17.9 Å². The molecule has 1 aromatic carbocycles. The van der Waals surface area contributed by atoms with Gasteiger partial charge in [-0.05, 0) is 36.1 Å². The van der Waals surface area contributed by atoms with Gasteiger partial charge in [0, 0.05) is 0 Å². The Kier molecular flexibility index (Phi) is 5.07. The van der Waals surface area contributed by atoms with Crippen molar-refractivity contribution in [3.05, 3.63) is 46.2 Å². The third kappa shape index (κ3) is 4.00. The molecule has 0 aliphatic heterocycles. The van der Waals surface area contributed by atoms with Crippen molar-refractivity contribution in [2.24, 2.45) is 0 Å². The number of hydrogen-bond donors (Lipinski definition) is 1. The molecular weight excluding hydrogens is 315 g/mol. The summed E-state index contributed by atoms with van der Waals surface area (Å²) in [5.41, 5.74) is -0.820. The molecule has 2 aromatic rings. The summed E-state index contributed by atoms with van der Waals surface area (Å²) in [5.74, 6) is -0.240. The van der Waals surface area contributed by atoms with Gasteiger partial charge >= 0.3 is 6.18 Å². The third-order valence-electron chi connectivity index (χ3n) is 2.76. The number of anilines is 1. The van der Waals surface area contributed by atoms with Gasteiger partial charge in [0.05, 0.1) is 22.7 Å². The third-order valence-corrected chi connectivity index (χ3v) is 3.63. The first-order valence-corrected chi connectivity index (χ1v) is 7.48. The van der Waals surface area contributed by atoms with Gasteiger partial charge in [0.15, 0.2) is 0 Å². The maximum absolute atomic E-state index is 12.8. The van der Waals surface area contributed by atoms with Crippen LogP contribution in [0.25, 0.3) is 0 Å². The Morgan fingerprint density at radius 3 is 2.68 bits per heavy atom. The topological polar surface area (TPSA) is 38.3 Å². The monoisotopic (exact) mass is 329 g/mol. The largest absolute Gasteiger partial charge is 0.491 e. The van der Waals surface area contributed by atoms with E-state index in [0.717, 1.165) is 12.1 Å². The maximum Gasteiger partial charge on any atom is 0.416 e. The maximum atomic E-state index is 12.8. The number of carbonyl (C=O) groups excluding carboxylic acids is 1. The molecule has 118 valence electrons. The van der Waals surface area contributed by atoms with E-state index < -0.39 is 17.6 Å². The molecule has 1 aromatic heterocycles. The minimum Gasteiger partial charge on any atom is -0.491 e. The van der Waals surface area contributed by atoms with Gasteiger partial charge in [0.1, 0.15) is 5.75 Å². The normalized spacial score (nSPS) is 11.3. The summed E-state index contributed by atoms with van der Waals surface area (Å²) in [6, 6.07) is 6.34. The minimum atomic E-state index is -4.48. The molecule has 0 aliphatic rings. The quantitative estimate of drug-likeness (QED) is 0.855. The highest BCUT2D eigenvalue weighted by Crippen LogP contribution is 2.35. The van der Waals surface area contributed by atoms with Crippen LogP contribution in [0.3, 0.4) is 0 Å². The van der Waals surface area contributed by atoms with E-state index in [1.807, 2.05) is 6.92 Å². The van der Waals surface area contributed by atoms with E-state index in [-0.39, 0.29) is 11.4 Å². The summed E-state index contributed by atoms with van der Waals surface area (Å²) in [4.78, 5) is 12.4. The minimum absolute atomic E-state index is 0.0154. The molecule has 0 spiro atoms. The van der Waals surface area contributed by atoms with Crippen molar-refractivity contribution >= 4 is 22.9 Å². The average molecular weight is 329 g/mol. The molecule has 0 aliphatic carbocycles. The Balaban J connectivity index is 2.30. The van der Waals surface area contributed by atoms with Crippen LogP contribution in [0.5, 0.6) is 5.75 Å². The molecule has 0 unspecified atom stereocenters. The summed E-state index contributed by atoms with van der Waals surface area (Å²) in [6.45, 7) is 2.24. The number of halogens is 3. The van der Waals surface area contributed by atoms with Crippen LogP contribution in [0.1, 0.15) is 28.6 Å². The van der Waals surface area contributed by atoms with Gasteiger partial charge in [-0.25, -0.2) is 0 Å². The van der Waals surface area contributed by atoms with Gasteiger partial charge in [-0.2, -0.15) is 13.2 Å². The Labute approximate surface area is 129 Å². The van der Waals surface area contributed by atoms with Crippen LogP contribution in [0.15, 0.2) is 35.7 Å². The fraction of sp³-hybridized carbons (Fsp3) is 0.267. The Bertz CT molecular complexity index is 639. The van der Waals surface area contributed by atoms with Crippen molar-refractivity contribution in [2.75, 3.05) is 11.9 Å². The van der Waals surface area contributed by atoms with Crippen molar-refractivity contribution in [3.8, 4) is 5.75 Å². The van der Waals surface area contributed by atoms with E-state index in [1.165, 1.54) is 17.4 Å². The lowest BCUT2D eigenvalue weighted by molar-refractivity contribution is -0.137. The van der Waals surface area contributed by atoms with E-state index in [2.05, 4.69) is 5.32 Å². The van der Waals surface area contributed by atoms with Crippen LogP contribution >= 0.6 is 11.3 Å². The SMILES string of the molecule is CCCOc1ccc(C(F)(F)F)cc1NC(=O)c1cccs1. The van der Waals surface area contributed by atoms with E-state index in [9.17, 15) is 18.0 Å². The highest BCUT2D eigenvalue weighted by Gasteiger charge is 2.31. The molecule has 22 heavy (non-hydrogen) atoms. The number of amides is 1. The number of carbonyl (C=O) groups is 1. The Hall–Kier alpha value is -2.02. The van der Waals surface area contributed by atoms with Crippen molar-refractivity contribution in [1.82, 2.24) is 0 Å². The van der Waals surface area contributed by atoms with Crippen LogP contribution < -0.4 is 10.1 Å². The van der Waals surface area contributed by atoms with Gasteiger partial charge in [0.25, 0.3) is 5.91 Å². The molecular formula is C15H14F3NO2S. The molecule has 1 N–H and O–H groups in total. The standard InChI is InChI=1S/C15H14F3NO2S/c1-2-7-21-12-6-5-10(15(16,17)18)9-11(12)19-14(20)13-4-3-8-22-13/h3-6,8-9H,2,7H2,1H3,(H,19,20). The molecule has 0 saturated carbocycles. The van der Waals surface area contributed by atoms with Crippen LogP contribution in [-0.2, 0) is 6.18 Å². The molecule has 1 heterocycles. The highest BCUT2D eigenvalue weighted by atomic mass is 32.1. The van der Waals surface area contributed by atoms with Crippen molar-refractivity contribution in [1.29, 1.82) is 0 Å². The molecule has 2 rings (SSSR count). The fourth-order valence-corrected chi connectivity index (χ4v) is 2.35. The highest BCUT2D eigenvalue weighted by molar-refractivity contribution is 7.12. The zero-order valence-corrected chi connectivity index (χ0v) is 12.6. The van der Waals surface area contributed by atoms with Gasteiger partial charge < -0.3 is 10.1 Å². The van der Waals surface area contributed by atoms with Crippen LogP contribution in [0.4, 0.5) is 18.9 Å².